The summed E-state index contributed by atoms with van der Waals surface area (Å²) in [5, 5.41) is 0. The summed E-state index contributed by atoms with van der Waals surface area (Å²) in [5.41, 5.74) is 7.95. The minimum absolute atomic E-state index is 0.291. The van der Waals surface area contributed by atoms with Gasteiger partial charge in [0.1, 0.15) is 5.75 Å². The van der Waals surface area contributed by atoms with Crippen molar-refractivity contribution < 1.29 is 14.2 Å². The monoisotopic (exact) mass is 306 g/mol. The fourth-order valence-electron chi connectivity index (χ4n) is 3.47. The van der Waals surface area contributed by atoms with Crippen molar-refractivity contribution in [3.05, 3.63) is 23.8 Å². The first-order valence-electron chi connectivity index (χ1n) is 8.06. The first kappa shape index (κ1) is 15.6. The van der Waals surface area contributed by atoms with E-state index in [9.17, 15) is 0 Å². The molecule has 0 saturated carbocycles. The molecule has 122 valence electrons. The molecular weight excluding hydrogens is 280 g/mol. The Morgan fingerprint density at radius 1 is 1.27 bits per heavy atom. The summed E-state index contributed by atoms with van der Waals surface area (Å²) in [6.45, 7) is 5.79. The molecule has 1 aromatic carbocycles. The Kier molecular flexibility index (Phi) is 4.57. The number of hydrogen-bond acceptors (Lipinski definition) is 5. The minimum Gasteiger partial charge on any atom is -0.495 e. The molecule has 5 nitrogen and oxygen atoms in total. The lowest BCUT2D eigenvalue weighted by Crippen LogP contribution is -2.48. The molecule has 2 saturated heterocycles. The lowest BCUT2D eigenvalue weighted by molar-refractivity contribution is -0.187. The van der Waals surface area contributed by atoms with Crippen molar-refractivity contribution in [3.8, 4) is 5.75 Å². The zero-order valence-corrected chi connectivity index (χ0v) is 13.5. The molecule has 2 aliphatic heterocycles. The molecular formula is C17H26N2O3. The molecule has 2 aliphatic rings. The summed E-state index contributed by atoms with van der Waals surface area (Å²) >= 11 is 0. The third kappa shape index (κ3) is 3.21. The summed E-state index contributed by atoms with van der Waals surface area (Å²) in [4.78, 5) is 2.51. The highest BCUT2D eigenvalue weighted by molar-refractivity contribution is 5.54. The summed E-state index contributed by atoms with van der Waals surface area (Å²) < 4.78 is 16.8. The van der Waals surface area contributed by atoms with Gasteiger partial charge in [-0.1, -0.05) is 6.07 Å². The van der Waals surface area contributed by atoms with Crippen LogP contribution in [0.15, 0.2) is 18.2 Å². The van der Waals surface area contributed by atoms with Crippen molar-refractivity contribution in [1.29, 1.82) is 0 Å². The van der Waals surface area contributed by atoms with Gasteiger partial charge in [0.25, 0.3) is 0 Å². The SMILES string of the molecule is COc1ccc(CC(C)N2CCC3(CC2)OCCO3)cc1N. The molecule has 3 rings (SSSR count). The number of rotatable bonds is 4. The third-order valence-electron chi connectivity index (χ3n) is 4.82. The maximum absolute atomic E-state index is 5.99. The number of benzene rings is 1. The Bertz CT molecular complexity index is 505. The van der Waals surface area contributed by atoms with Crippen LogP contribution in [0.2, 0.25) is 0 Å². The zero-order chi connectivity index (χ0) is 15.6. The van der Waals surface area contributed by atoms with E-state index in [2.05, 4.69) is 17.9 Å². The van der Waals surface area contributed by atoms with Gasteiger partial charge in [-0.15, -0.1) is 0 Å². The van der Waals surface area contributed by atoms with Crippen LogP contribution in [0.1, 0.15) is 25.3 Å². The van der Waals surface area contributed by atoms with Gasteiger partial charge in [0, 0.05) is 32.0 Å². The molecule has 22 heavy (non-hydrogen) atoms. The predicted molar refractivity (Wildman–Crippen MR) is 86.0 cm³/mol. The van der Waals surface area contributed by atoms with Crippen molar-refractivity contribution >= 4 is 5.69 Å². The van der Waals surface area contributed by atoms with Crippen LogP contribution in [0.5, 0.6) is 5.75 Å². The second-order valence-electron chi connectivity index (χ2n) is 6.27. The summed E-state index contributed by atoms with van der Waals surface area (Å²) in [5.74, 6) is 0.452. The molecule has 1 spiro atoms. The fourth-order valence-corrected chi connectivity index (χ4v) is 3.47. The van der Waals surface area contributed by atoms with Crippen molar-refractivity contribution in [2.24, 2.45) is 0 Å². The maximum atomic E-state index is 5.99. The molecule has 0 bridgehead atoms. The van der Waals surface area contributed by atoms with Crippen LogP contribution in [0, 0.1) is 0 Å². The molecule has 2 N–H and O–H groups in total. The molecule has 0 radical (unpaired) electrons. The van der Waals surface area contributed by atoms with Gasteiger partial charge in [0.05, 0.1) is 26.0 Å². The summed E-state index contributed by atoms with van der Waals surface area (Å²) in [6, 6.07) is 6.54. The average molecular weight is 306 g/mol. The Labute approximate surface area is 132 Å². The zero-order valence-electron chi connectivity index (χ0n) is 13.5. The predicted octanol–water partition coefficient (Wildman–Crippen LogP) is 2.05. The van der Waals surface area contributed by atoms with E-state index >= 15 is 0 Å². The van der Waals surface area contributed by atoms with E-state index < -0.39 is 0 Å². The van der Waals surface area contributed by atoms with Gasteiger partial charge in [-0.05, 0) is 31.0 Å². The third-order valence-corrected chi connectivity index (χ3v) is 4.82. The number of nitrogens with zero attached hydrogens (tertiary/aromatic N) is 1. The normalized spacial score (nSPS) is 22.8. The topological polar surface area (TPSA) is 57.0 Å². The summed E-state index contributed by atoms with van der Waals surface area (Å²) in [6.07, 6.45) is 2.91. The van der Waals surface area contributed by atoms with E-state index in [4.69, 9.17) is 19.9 Å². The van der Waals surface area contributed by atoms with Gasteiger partial charge in [0.2, 0.25) is 0 Å². The average Bonchev–Trinajstić information content (AvgIpc) is 2.96. The van der Waals surface area contributed by atoms with E-state index in [0.29, 0.717) is 11.7 Å². The summed E-state index contributed by atoms with van der Waals surface area (Å²) in [7, 11) is 1.64. The van der Waals surface area contributed by atoms with Crippen LogP contribution in [-0.4, -0.2) is 50.1 Å². The molecule has 0 amide bonds. The number of methoxy groups -OCH3 is 1. The fraction of sp³-hybridized carbons (Fsp3) is 0.647. The maximum Gasteiger partial charge on any atom is 0.170 e. The van der Waals surface area contributed by atoms with E-state index in [1.54, 1.807) is 7.11 Å². The highest BCUT2D eigenvalue weighted by atomic mass is 16.7. The number of nitrogens with two attached hydrogens (primary N) is 1. The number of likely N-dealkylation sites (tertiary alicyclic amines) is 1. The van der Waals surface area contributed by atoms with E-state index in [1.807, 2.05) is 12.1 Å². The highest BCUT2D eigenvalue weighted by Crippen LogP contribution is 2.32. The molecule has 5 heteroatoms. The van der Waals surface area contributed by atoms with Crippen LogP contribution in [0.3, 0.4) is 0 Å². The molecule has 1 unspecified atom stereocenters. The van der Waals surface area contributed by atoms with E-state index in [1.165, 1.54) is 5.56 Å². The largest absolute Gasteiger partial charge is 0.495 e. The number of piperidine rings is 1. The second kappa shape index (κ2) is 6.44. The van der Waals surface area contributed by atoms with Crippen LogP contribution in [0.25, 0.3) is 0 Å². The van der Waals surface area contributed by atoms with E-state index in [0.717, 1.165) is 51.3 Å². The Balaban J connectivity index is 1.56. The van der Waals surface area contributed by atoms with E-state index in [-0.39, 0.29) is 5.79 Å². The highest BCUT2D eigenvalue weighted by Gasteiger charge is 2.40. The molecule has 2 heterocycles. The van der Waals surface area contributed by atoms with Crippen LogP contribution in [-0.2, 0) is 15.9 Å². The first-order chi connectivity index (χ1) is 10.6. The number of hydrogen-bond donors (Lipinski definition) is 1. The molecule has 1 aromatic rings. The van der Waals surface area contributed by atoms with Gasteiger partial charge in [0.15, 0.2) is 5.79 Å². The number of ether oxygens (including phenoxy) is 3. The van der Waals surface area contributed by atoms with Crippen molar-refractivity contribution in [1.82, 2.24) is 4.90 Å². The smallest absolute Gasteiger partial charge is 0.170 e. The van der Waals surface area contributed by atoms with Crippen LogP contribution < -0.4 is 10.5 Å². The van der Waals surface area contributed by atoms with Crippen molar-refractivity contribution in [3.63, 3.8) is 0 Å². The second-order valence-corrected chi connectivity index (χ2v) is 6.27. The molecule has 0 aliphatic carbocycles. The van der Waals surface area contributed by atoms with Crippen LogP contribution >= 0.6 is 0 Å². The first-order valence-corrected chi connectivity index (χ1v) is 8.06. The molecule has 0 aromatic heterocycles. The Morgan fingerprint density at radius 2 is 1.95 bits per heavy atom. The number of anilines is 1. The lowest BCUT2D eigenvalue weighted by Gasteiger charge is -2.40. The Hall–Kier alpha value is -1.30. The van der Waals surface area contributed by atoms with Crippen LogP contribution in [0.4, 0.5) is 5.69 Å². The Morgan fingerprint density at radius 3 is 2.55 bits per heavy atom. The van der Waals surface area contributed by atoms with Crippen molar-refractivity contribution in [2.75, 3.05) is 39.1 Å². The number of nitrogen functional groups attached to an aromatic ring is 1. The molecule has 2 fully saturated rings. The van der Waals surface area contributed by atoms with Gasteiger partial charge in [-0.25, -0.2) is 0 Å². The lowest BCUT2D eigenvalue weighted by atomic mass is 9.99. The molecule has 1 atom stereocenters. The van der Waals surface area contributed by atoms with Gasteiger partial charge < -0.3 is 19.9 Å². The van der Waals surface area contributed by atoms with Crippen molar-refractivity contribution in [2.45, 2.75) is 38.0 Å². The van der Waals surface area contributed by atoms with Gasteiger partial charge in [-0.2, -0.15) is 0 Å². The van der Waals surface area contributed by atoms with Gasteiger partial charge in [-0.3, -0.25) is 4.90 Å². The quantitative estimate of drug-likeness (QED) is 0.863. The minimum atomic E-state index is -0.291. The standard InChI is InChI=1S/C17H26N2O3/c1-13(11-14-3-4-16(20-2)15(18)12-14)19-7-5-17(6-8-19)21-9-10-22-17/h3-4,12-13H,5-11,18H2,1-2H3. The van der Waals surface area contributed by atoms with Gasteiger partial charge >= 0.3 is 0 Å².